The number of rotatable bonds is 3. The van der Waals surface area contributed by atoms with Gasteiger partial charge in [0.05, 0.1) is 11.4 Å². The second-order valence-electron chi connectivity index (χ2n) is 4.18. The Kier molecular flexibility index (Phi) is 4.39. The SMILES string of the molecule is N#CC(C#N)=CNc1ccccc1N1CCNCC1. The number of hydrogen-bond donors (Lipinski definition) is 2. The molecule has 0 amide bonds. The van der Waals surface area contributed by atoms with Crippen molar-refractivity contribution in [2.75, 3.05) is 36.4 Å². The maximum atomic E-state index is 8.72. The fourth-order valence-electron chi connectivity index (χ4n) is 2.02. The first-order valence-electron chi connectivity index (χ1n) is 6.17. The Balaban J connectivity index is 2.19. The van der Waals surface area contributed by atoms with E-state index in [0.29, 0.717) is 0 Å². The van der Waals surface area contributed by atoms with E-state index in [1.54, 1.807) is 0 Å². The van der Waals surface area contributed by atoms with Gasteiger partial charge in [0.2, 0.25) is 0 Å². The van der Waals surface area contributed by atoms with Gasteiger partial charge in [0.15, 0.2) is 0 Å². The van der Waals surface area contributed by atoms with Crippen molar-refractivity contribution in [3.63, 3.8) is 0 Å². The molecule has 0 bridgehead atoms. The average Bonchev–Trinajstić information content (AvgIpc) is 2.49. The highest BCUT2D eigenvalue weighted by molar-refractivity contribution is 5.71. The standard InChI is InChI=1S/C14H15N5/c15-9-12(10-16)11-18-13-3-1-2-4-14(13)19-7-5-17-6-8-19/h1-4,11,17-18H,5-8H2. The predicted molar refractivity (Wildman–Crippen MR) is 74.5 cm³/mol. The van der Waals surface area contributed by atoms with Gasteiger partial charge in [-0.2, -0.15) is 10.5 Å². The van der Waals surface area contributed by atoms with Crippen LogP contribution in [0.4, 0.5) is 11.4 Å². The Hall–Kier alpha value is -2.50. The van der Waals surface area contributed by atoms with Gasteiger partial charge in [-0.15, -0.1) is 0 Å². The number of hydrogen-bond acceptors (Lipinski definition) is 5. The lowest BCUT2D eigenvalue weighted by atomic mass is 10.2. The summed E-state index contributed by atoms with van der Waals surface area (Å²) in [6.45, 7) is 3.83. The normalized spacial score (nSPS) is 14.1. The van der Waals surface area contributed by atoms with Gasteiger partial charge in [0.1, 0.15) is 17.7 Å². The maximum Gasteiger partial charge on any atom is 0.145 e. The summed E-state index contributed by atoms with van der Waals surface area (Å²) in [5.74, 6) is 0. The minimum Gasteiger partial charge on any atom is -0.367 e. The lowest BCUT2D eigenvalue weighted by Crippen LogP contribution is -2.43. The van der Waals surface area contributed by atoms with Crippen molar-refractivity contribution in [2.45, 2.75) is 0 Å². The number of nitrogens with zero attached hydrogens (tertiary/aromatic N) is 3. The Morgan fingerprint density at radius 1 is 1.21 bits per heavy atom. The van der Waals surface area contributed by atoms with Gasteiger partial charge in [-0.3, -0.25) is 0 Å². The van der Waals surface area contributed by atoms with E-state index >= 15 is 0 Å². The summed E-state index contributed by atoms with van der Waals surface area (Å²) in [4.78, 5) is 2.28. The molecule has 0 saturated carbocycles. The van der Waals surface area contributed by atoms with Crippen LogP contribution in [-0.4, -0.2) is 26.2 Å². The van der Waals surface area contributed by atoms with Crippen LogP contribution in [0.2, 0.25) is 0 Å². The quantitative estimate of drug-likeness (QED) is 0.797. The minimum absolute atomic E-state index is 0.0649. The molecule has 1 heterocycles. The number of allylic oxidation sites excluding steroid dienone is 1. The van der Waals surface area contributed by atoms with Crippen molar-refractivity contribution in [3.8, 4) is 12.1 Å². The van der Waals surface area contributed by atoms with Gasteiger partial charge < -0.3 is 15.5 Å². The molecule has 19 heavy (non-hydrogen) atoms. The van der Waals surface area contributed by atoms with Crippen LogP contribution in [-0.2, 0) is 0 Å². The number of nitriles is 2. The van der Waals surface area contributed by atoms with Crippen LogP contribution in [0.3, 0.4) is 0 Å². The fraction of sp³-hybridized carbons (Fsp3) is 0.286. The Bertz CT molecular complexity index is 528. The summed E-state index contributed by atoms with van der Waals surface area (Å²) >= 11 is 0. The maximum absolute atomic E-state index is 8.72. The molecule has 0 radical (unpaired) electrons. The van der Waals surface area contributed by atoms with Gasteiger partial charge in [-0.05, 0) is 12.1 Å². The van der Waals surface area contributed by atoms with Crippen molar-refractivity contribution in [1.29, 1.82) is 10.5 Å². The summed E-state index contributed by atoms with van der Waals surface area (Å²) in [5, 5.41) is 23.8. The topological polar surface area (TPSA) is 74.9 Å². The summed E-state index contributed by atoms with van der Waals surface area (Å²) < 4.78 is 0. The third kappa shape index (κ3) is 3.25. The van der Waals surface area contributed by atoms with Crippen LogP contribution >= 0.6 is 0 Å². The van der Waals surface area contributed by atoms with Crippen LogP contribution in [0.15, 0.2) is 36.0 Å². The van der Waals surface area contributed by atoms with E-state index in [2.05, 4.69) is 15.5 Å². The molecule has 2 rings (SSSR count). The lowest BCUT2D eigenvalue weighted by molar-refractivity contribution is 0.589. The van der Waals surface area contributed by atoms with Crippen LogP contribution in [0.25, 0.3) is 0 Å². The molecule has 0 aliphatic carbocycles. The summed E-state index contributed by atoms with van der Waals surface area (Å²) in [7, 11) is 0. The molecular weight excluding hydrogens is 238 g/mol. The molecular formula is C14H15N5. The Morgan fingerprint density at radius 2 is 1.89 bits per heavy atom. The van der Waals surface area contributed by atoms with Crippen LogP contribution in [0.5, 0.6) is 0 Å². The fourth-order valence-corrected chi connectivity index (χ4v) is 2.02. The van der Waals surface area contributed by atoms with Crippen LogP contribution in [0.1, 0.15) is 0 Å². The summed E-state index contributed by atoms with van der Waals surface area (Å²) in [6.07, 6.45) is 1.45. The second-order valence-corrected chi connectivity index (χ2v) is 4.18. The molecule has 1 fully saturated rings. The molecule has 0 aromatic heterocycles. The Labute approximate surface area is 112 Å². The number of benzene rings is 1. The molecule has 0 spiro atoms. The van der Waals surface area contributed by atoms with Crippen molar-refractivity contribution < 1.29 is 0 Å². The van der Waals surface area contributed by atoms with Crippen molar-refractivity contribution in [1.82, 2.24) is 5.32 Å². The van der Waals surface area contributed by atoms with E-state index in [1.807, 2.05) is 36.4 Å². The molecule has 2 N–H and O–H groups in total. The van der Waals surface area contributed by atoms with Crippen molar-refractivity contribution >= 4 is 11.4 Å². The van der Waals surface area contributed by atoms with E-state index in [4.69, 9.17) is 10.5 Å². The van der Waals surface area contributed by atoms with Crippen LogP contribution in [0, 0.1) is 22.7 Å². The first-order chi connectivity index (χ1) is 9.35. The van der Waals surface area contributed by atoms with Crippen molar-refractivity contribution in [2.24, 2.45) is 0 Å². The summed E-state index contributed by atoms with van der Waals surface area (Å²) in [5.41, 5.74) is 2.07. The third-order valence-corrected chi connectivity index (χ3v) is 2.97. The third-order valence-electron chi connectivity index (χ3n) is 2.97. The molecule has 1 aliphatic heterocycles. The largest absolute Gasteiger partial charge is 0.367 e. The minimum atomic E-state index is 0.0649. The smallest absolute Gasteiger partial charge is 0.145 e. The molecule has 0 atom stereocenters. The number of nitrogens with one attached hydrogen (secondary N) is 2. The number of piperazine rings is 1. The van der Waals surface area contributed by atoms with Crippen molar-refractivity contribution in [3.05, 3.63) is 36.0 Å². The highest BCUT2D eigenvalue weighted by Crippen LogP contribution is 2.25. The van der Waals surface area contributed by atoms with E-state index < -0.39 is 0 Å². The monoisotopic (exact) mass is 253 g/mol. The number of anilines is 2. The lowest BCUT2D eigenvalue weighted by Gasteiger charge is -2.31. The van der Waals surface area contributed by atoms with Crippen LogP contribution < -0.4 is 15.5 Å². The summed E-state index contributed by atoms with van der Waals surface area (Å²) in [6, 6.07) is 11.6. The van der Waals surface area contributed by atoms with E-state index in [1.165, 1.54) is 6.20 Å². The molecule has 5 heteroatoms. The van der Waals surface area contributed by atoms with Gasteiger partial charge in [-0.1, -0.05) is 12.1 Å². The second kappa shape index (κ2) is 6.44. The van der Waals surface area contributed by atoms with E-state index in [9.17, 15) is 0 Å². The average molecular weight is 253 g/mol. The molecule has 1 aromatic carbocycles. The first kappa shape index (κ1) is 12.9. The molecule has 0 unspecified atom stereocenters. The van der Waals surface area contributed by atoms with Gasteiger partial charge in [-0.25, -0.2) is 0 Å². The van der Waals surface area contributed by atoms with E-state index in [-0.39, 0.29) is 5.57 Å². The molecule has 1 aromatic rings. The van der Waals surface area contributed by atoms with Gasteiger partial charge >= 0.3 is 0 Å². The number of para-hydroxylation sites is 2. The zero-order valence-electron chi connectivity index (χ0n) is 10.6. The highest BCUT2D eigenvalue weighted by atomic mass is 15.2. The zero-order valence-corrected chi connectivity index (χ0v) is 10.6. The Morgan fingerprint density at radius 3 is 2.58 bits per heavy atom. The molecule has 1 aliphatic rings. The molecule has 1 saturated heterocycles. The van der Waals surface area contributed by atoms with Gasteiger partial charge in [0.25, 0.3) is 0 Å². The molecule has 96 valence electrons. The van der Waals surface area contributed by atoms with E-state index in [0.717, 1.165) is 37.6 Å². The molecule has 5 nitrogen and oxygen atoms in total. The van der Waals surface area contributed by atoms with Gasteiger partial charge in [0, 0.05) is 32.4 Å². The predicted octanol–water partition coefficient (Wildman–Crippen LogP) is 1.44. The zero-order chi connectivity index (χ0) is 13.5. The first-order valence-corrected chi connectivity index (χ1v) is 6.17. The highest BCUT2D eigenvalue weighted by Gasteiger charge is 2.13.